The van der Waals surface area contributed by atoms with Gasteiger partial charge in [0.2, 0.25) is 0 Å². The van der Waals surface area contributed by atoms with E-state index in [1.165, 1.54) is 12.7 Å². The zero-order valence-electron chi connectivity index (χ0n) is 12.4. The second-order valence-electron chi connectivity index (χ2n) is 5.91. The van der Waals surface area contributed by atoms with Crippen molar-refractivity contribution in [2.75, 3.05) is 5.73 Å². The van der Waals surface area contributed by atoms with Gasteiger partial charge in [-0.1, -0.05) is 0 Å². The molecule has 0 aromatic carbocycles. The molecule has 23 heavy (non-hydrogen) atoms. The van der Waals surface area contributed by atoms with Crippen LogP contribution in [0.3, 0.4) is 0 Å². The molecule has 4 atom stereocenters. The number of hydrogen-bond donors (Lipinski definition) is 1. The molecule has 2 saturated heterocycles. The number of rotatable bonds is 2. The van der Waals surface area contributed by atoms with Crippen LogP contribution >= 0.6 is 0 Å². The van der Waals surface area contributed by atoms with Crippen molar-refractivity contribution in [3.8, 4) is 0 Å². The number of fused-ring (bicyclic) bond motifs is 2. The number of ether oxygens (including phenoxy) is 3. The smallest absolute Gasteiger partial charge is 0.167 e. The molecule has 0 bridgehead atoms. The van der Waals surface area contributed by atoms with Crippen LogP contribution in [-0.2, 0) is 19.0 Å². The van der Waals surface area contributed by atoms with Crippen LogP contribution in [0.5, 0.6) is 0 Å². The summed E-state index contributed by atoms with van der Waals surface area (Å²) in [5.41, 5.74) is 6.60. The highest BCUT2D eigenvalue weighted by molar-refractivity contribution is 5.81. The summed E-state index contributed by atoms with van der Waals surface area (Å²) in [7, 11) is 0. The summed E-state index contributed by atoms with van der Waals surface area (Å²) in [6.45, 7) is 3.42. The second kappa shape index (κ2) is 4.60. The topological polar surface area (TPSA) is 137 Å². The third-order valence-electron chi connectivity index (χ3n) is 3.92. The summed E-state index contributed by atoms with van der Waals surface area (Å²) >= 11 is 0. The average Bonchev–Trinajstić information content (AvgIpc) is 3.09. The molecule has 0 radical (unpaired) electrons. The van der Waals surface area contributed by atoms with Gasteiger partial charge < -0.3 is 29.8 Å². The first-order chi connectivity index (χ1) is 10.9. The van der Waals surface area contributed by atoms with Crippen molar-refractivity contribution in [3.05, 3.63) is 12.7 Å². The van der Waals surface area contributed by atoms with E-state index >= 15 is 0 Å². The molecule has 0 aliphatic carbocycles. The van der Waals surface area contributed by atoms with Crippen LogP contribution in [0.1, 0.15) is 20.1 Å². The van der Waals surface area contributed by atoms with Gasteiger partial charge in [-0.15, -0.1) is 0 Å². The van der Waals surface area contributed by atoms with Crippen molar-refractivity contribution in [2.24, 2.45) is 0 Å². The molecule has 4 unspecified atom stereocenters. The summed E-state index contributed by atoms with van der Waals surface area (Å²) in [6, 6.07) is 0. The maximum Gasteiger partial charge on any atom is 0.167 e. The average molecular weight is 320 g/mol. The van der Waals surface area contributed by atoms with Gasteiger partial charge in [0.25, 0.3) is 0 Å². The molecular formula is C13H14N5O5-. The van der Waals surface area contributed by atoms with Gasteiger partial charge in [0, 0.05) is 0 Å². The van der Waals surface area contributed by atoms with E-state index in [1.807, 2.05) is 0 Å². The van der Waals surface area contributed by atoms with Crippen molar-refractivity contribution < 1.29 is 24.1 Å². The number of aliphatic carboxylic acids is 1. The number of nitrogens with zero attached hydrogens (tertiary/aromatic N) is 4. The fourth-order valence-corrected chi connectivity index (χ4v) is 3.05. The molecule has 0 amide bonds. The number of carboxylic acid groups (broad SMARTS) is 1. The Bertz CT molecular complexity index is 790. The van der Waals surface area contributed by atoms with Gasteiger partial charge in [-0.3, -0.25) is 4.57 Å². The van der Waals surface area contributed by atoms with Crippen LogP contribution in [0.4, 0.5) is 5.82 Å². The van der Waals surface area contributed by atoms with Gasteiger partial charge >= 0.3 is 0 Å². The highest BCUT2D eigenvalue weighted by Crippen LogP contribution is 2.43. The molecule has 4 rings (SSSR count). The first kappa shape index (κ1) is 14.3. The van der Waals surface area contributed by atoms with Crippen LogP contribution in [-0.4, -0.2) is 49.6 Å². The summed E-state index contributed by atoms with van der Waals surface area (Å²) < 4.78 is 18.6. The Morgan fingerprint density at radius 1 is 1.30 bits per heavy atom. The van der Waals surface area contributed by atoms with E-state index in [-0.39, 0.29) is 5.82 Å². The van der Waals surface area contributed by atoms with Gasteiger partial charge in [-0.2, -0.15) is 0 Å². The lowest BCUT2D eigenvalue weighted by atomic mass is 10.1. The summed E-state index contributed by atoms with van der Waals surface area (Å²) in [5, 5.41) is 11.3. The van der Waals surface area contributed by atoms with Crippen molar-refractivity contribution >= 4 is 23.0 Å². The maximum atomic E-state index is 11.3. The molecule has 10 nitrogen and oxygen atoms in total. The zero-order chi connectivity index (χ0) is 16.4. The minimum Gasteiger partial charge on any atom is -0.547 e. The molecule has 2 aliphatic rings. The molecule has 2 aliphatic heterocycles. The number of carbonyl (C=O) groups is 1. The number of anilines is 1. The Kier molecular flexibility index (Phi) is 2.86. The van der Waals surface area contributed by atoms with Crippen LogP contribution in [0.2, 0.25) is 0 Å². The monoisotopic (exact) mass is 320 g/mol. The van der Waals surface area contributed by atoms with Crippen LogP contribution in [0.25, 0.3) is 11.2 Å². The first-order valence-electron chi connectivity index (χ1n) is 7.02. The third kappa shape index (κ3) is 2.06. The van der Waals surface area contributed by atoms with E-state index in [0.717, 1.165) is 0 Å². The van der Waals surface area contributed by atoms with Crippen LogP contribution in [0.15, 0.2) is 12.7 Å². The van der Waals surface area contributed by atoms with E-state index < -0.39 is 36.3 Å². The van der Waals surface area contributed by atoms with E-state index in [9.17, 15) is 9.90 Å². The molecule has 2 N–H and O–H groups in total. The molecular weight excluding hydrogens is 306 g/mol. The lowest BCUT2D eigenvalue weighted by molar-refractivity contribution is -0.321. The molecule has 2 aromatic heterocycles. The molecule has 2 fully saturated rings. The Morgan fingerprint density at radius 3 is 2.78 bits per heavy atom. The largest absolute Gasteiger partial charge is 0.547 e. The lowest BCUT2D eigenvalue weighted by Gasteiger charge is -2.25. The number of carbonyl (C=O) groups excluding carboxylic acids is 1. The van der Waals surface area contributed by atoms with Crippen molar-refractivity contribution in [3.63, 3.8) is 0 Å². The van der Waals surface area contributed by atoms with Crippen LogP contribution < -0.4 is 10.8 Å². The van der Waals surface area contributed by atoms with E-state index in [1.54, 1.807) is 18.4 Å². The van der Waals surface area contributed by atoms with Gasteiger partial charge in [0.15, 0.2) is 23.5 Å². The highest BCUT2D eigenvalue weighted by Gasteiger charge is 2.56. The maximum absolute atomic E-state index is 11.3. The Balaban J connectivity index is 1.78. The summed E-state index contributed by atoms with van der Waals surface area (Å²) in [5.74, 6) is -2.05. The molecule has 10 heteroatoms. The third-order valence-corrected chi connectivity index (χ3v) is 3.92. The van der Waals surface area contributed by atoms with Gasteiger partial charge in [-0.05, 0) is 13.8 Å². The molecule has 0 saturated carbocycles. The second-order valence-corrected chi connectivity index (χ2v) is 5.91. The predicted octanol–water partition coefficient (Wildman–Crippen LogP) is -1.42. The summed E-state index contributed by atoms with van der Waals surface area (Å²) in [6.07, 6.45) is -0.677. The van der Waals surface area contributed by atoms with E-state index in [2.05, 4.69) is 15.0 Å². The zero-order valence-corrected chi connectivity index (χ0v) is 12.4. The van der Waals surface area contributed by atoms with Gasteiger partial charge in [-0.25, -0.2) is 15.0 Å². The molecule has 122 valence electrons. The molecule has 4 heterocycles. The number of hydrogen-bond acceptors (Lipinski definition) is 9. The predicted molar refractivity (Wildman–Crippen MR) is 72.5 cm³/mol. The normalized spacial score (nSPS) is 32.3. The molecule has 0 spiro atoms. The quantitative estimate of drug-likeness (QED) is 0.706. The molecule has 2 aromatic rings. The SMILES string of the molecule is CC1(C)OC2C(C(=O)[O-])OC(n3cnc4c(N)ncnc43)C2O1. The van der Waals surface area contributed by atoms with E-state index in [0.29, 0.717) is 11.2 Å². The highest BCUT2D eigenvalue weighted by atomic mass is 16.8. The number of imidazole rings is 1. The van der Waals surface area contributed by atoms with E-state index in [4.69, 9.17) is 19.9 Å². The number of nitrogen functional groups attached to an aromatic ring is 1. The number of aromatic nitrogens is 4. The van der Waals surface area contributed by atoms with Gasteiger partial charge in [0.1, 0.15) is 30.2 Å². The number of nitrogens with two attached hydrogens (primary N) is 1. The van der Waals surface area contributed by atoms with Crippen molar-refractivity contribution in [1.29, 1.82) is 0 Å². The lowest BCUT2D eigenvalue weighted by Crippen LogP contribution is -2.43. The van der Waals surface area contributed by atoms with Crippen molar-refractivity contribution in [2.45, 2.75) is 44.2 Å². The van der Waals surface area contributed by atoms with Crippen molar-refractivity contribution in [1.82, 2.24) is 19.5 Å². The first-order valence-corrected chi connectivity index (χ1v) is 7.02. The minimum atomic E-state index is -1.36. The summed E-state index contributed by atoms with van der Waals surface area (Å²) in [4.78, 5) is 23.5. The van der Waals surface area contributed by atoms with Crippen LogP contribution in [0, 0.1) is 0 Å². The van der Waals surface area contributed by atoms with Gasteiger partial charge in [0.05, 0.1) is 12.3 Å². The Labute approximate surface area is 130 Å². The minimum absolute atomic E-state index is 0.226. The Hall–Kier alpha value is -2.30. The fourth-order valence-electron chi connectivity index (χ4n) is 3.05. The standard InChI is InChI=1S/C13H15N5O5/c1-13(2)22-6-7(23-13)11(21-8(6)12(19)20)18-4-17-5-9(14)15-3-16-10(5)18/h3-4,6-8,11H,1-2H3,(H,19,20)(H2,14,15,16)/p-1. The Morgan fingerprint density at radius 2 is 2.04 bits per heavy atom. The number of carboxylic acids is 1. The fraction of sp³-hybridized carbons (Fsp3) is 0.538.